The highest BCUT2D eigenvalue weighted by Crippen LogP contribution is 2.36. The molecule has 1 amide bonds. The second-order valence-corrected chi connectivity index (χ2v) is 7.24. The van der Waals surface area contributed by atoms with E-state index < -0.39 is 0 Å². The van der Waals surface area contributed by atoms with E-state index in [2.05, 4.69) is 22.6 Å². The molecule has 2 aromatic carbocycles. The SMILES string of the molecule is C[C@@H](CCc1ccccc1)NC(=O)COCc1cc(-c2ccc3c(c2)OCO3)on1. The van der Waals surface area contributed by atoms with Crippen molar-refractivity contribution in [2.45, 2.75) is 32.4 Å². The molecule has 3 aromatic rings. The first-order valence-electron chi connectivity index (χ1n) is 9.94. The number of nitrogens with one attached hydrogen (secondary N) is 1. The Kier molecular flexibility index (Phi) is 6.29. The summed E-state index contributed by atoms with van der Waals surface area (Å²) in [7, 11) is 0. The van der Waals surface area contributed by atoms with E-state index in [1.165, 1.54) is 5.56 Å². The smallest absolute Gasteiger partial charge is 0.246 e. The molecule has 1 atom stereocenters. The number of rotatable bonds is 9. The van der Waals surface area contributed by atoms with Gasteiger partial charge in [-0.1, -0.05) is 35.5 Å². The van der Waals surface area contributed by atoms with Gasteiger partial charge < -0.3 is 24.1 Å². The molecule has 30 heavy (non-hydrogen) atoms. The quantitative estimate of drug-likeness (QED) is 0.581. The molecule has 4 rings (SSSR count). The highest BCUT2D eigenvalue weighted by atomic mass is 16.7. The van der Waals surface area contributed by atoms with Gasteiger partial charge >= 0.3 is 0 Å². The second-order valence-electron chi connectivity index (χ2n) is 7.24. The van der Waals surface area contributed by atoms with Crippen molar-refractivity contribution in [1.29, 1.82) is 0 Å². The molecule has 0 saturated carbocycles. The van der Waals surface area contributed by atoms with Crippen LogP contribution in [0.3, 0.4) is 0 Å². The highest BCUT2D eigenvalue weighted by molar-refractivity contribution is 5.77. The molecule has 0 aliphatic carbocycles. The number of amides is 1. The fraction of sp³-hybridized carbons (Fsp3) is 0.304. The number of hydrogen-bond acceptors (Lipinski definition) is 6. The van der Waals surface area contributed by atoms with Crippen molar-refractivity contribution < 1.29 is 23.5 Å². The van der Waals surface area contributed by atoms with Gasteiger partial charge in [0, 0.05) is 17.7 Å². The van der Waals surface area contributed by atoms with E-state index in [-0.39, 0.29) is 32.0 Å². The molecule has 156 valence electrons. The summed E-state index contributed by atoms with van der Waals surface area (Å²) in [6.45, 7) is 2.39. The third-order valence-electron chi connectivity index (χ3n) is 4.82. The number of ether oxygens (including phenoxy) is 3. The Balaban J connectivity index is 1.19. The van der Waals surface area contributed by atoms with E-state index in [0.717, 1.165) is 18.4 Å². The van der Waals surface area contributed by atoms with Gasteiger partial charge in [0.15, 0.2) is 17.3 Å². The highest BCUT2D eigenvalue weighted by Gasteiger charge is 2.16. The van der Waals surface area contributed by atoms with Crippen LogP contribution in [0, 0.1) is 0 Å². The van der Waals surface area contributed by atoms with Crippen LogP contribution < -0.4 is 14.8 Å². The largest absolute Gasteiger partial charge is 0.454 e. The number of aromatic nitrogens is 1. The summed E-state index contributed by atoms with van der Waals surface area (Å²) >= 11 is 0. The van der Waals surface area contributed by atoms with Crippen LogP contribution in [0.5, 0.6) is 11.5 Å². The average molecular weight is 408 g/mol. The van der Waals surface area contributed by atoms with Crippen LogP contribution in [-0.2, 0) is 22.6 Å². The Morgan fingerprint density at radius 3 is 2.83 bits per heavy atom. The molecule has 1 aliphatic rings. The maximum absolute atomic E-state index is 12.1. The number of benzene rings is 2. The van der Waals surface area contributed by atoms with Gasteiger partial charge in [-0.2, -0.15) is 0 Å². The predicted octanol–water partition coefficient (Wildman–Crippen LogP) is 3.72. The Hall–Kier alpha value is -3.32. The molecular weight excluding hydrogens is 384 g/mol. The molecule has 0 spiro atoms. The number of aryl methyl sites for hydroxylation is 1. The van der Waals surface area contributed by atoms with E-state index in [1.807, 2.05) is 43.3 Å². The number of carbonyl (C=O) groups excluding carboxylic acids is 1. The molecule has 7 heteroatoms. The van der Waals surface area contributed by atoms with Crippen molar-refractivity contribution in [2.24, 2.45) is 0 Å². The number of carbonyl (C=O) groups is 1. The lowest BCUT2D eigenvalue weighted by atomic mass is 10.1. The fourth-order valence-corrected chi connectivity index (χ4v) is 3.23. The zero-order valence-electron chi connectivity index (χ0n) is 16.8. The minimum Gasteiger partial charge on any atom is -0.454 e. The standard InChI is InChI=1S/C23H24N2O5/c1-16(7-8-17-5-3-2-4-6-17)24-23(26)14-27-13-19-12-21(30-25-19)18-9-10-20-22(11-18)29-15-28-20/h2-6,9-12,16H,7-8,13-15H2,1H3,(H,24,26)/t16-/m0/s1. The van der Waals surface area contributed by atoms with Gasteiger partial charge in [0.25, 0.3) is 0 Å². The van der Waals surface area contributed by atoms with Crippen molar-refractivity contribution in [2.75, 3.05) is 13.4 Å². The predicted molar refractivity (Wildman–Crippen MR) is 110 cm³/mol. The van der Waals surface area contributed by atoms with Gasteiger partial charge in [-0.05, 0) is 43.5 Å². The maximum atomic E-state index is 12.1. The molecule has 0 radical (unpaired) electrons. The summed E-state index contributed by atoms with van der Waals surface area (Å²) in [5.41, 5.74) is 2.72. The summed E-state index contributed by atoms with van der Waals surface area (Å²) in [5.74, 6) is 1.85. The van der Waals surface area contributed by atoms with E-state index in [4.69, 9.17) is 18.7 Å². The summed E-state index contributed by atoms with van der Waals surface area (Å²) in [6, 6.07) is 17.6. The van der Waals surface area contributed by atoms with Gasteiger partial charge in [-0.3, -0.25) is 4.79 Å². The van der Waals surface area contributed by atoms with E-state index in [9.17, 15) is 4.79 Å². The molecule has 1 N–H and O–H groups in total. The van der Waals surface area contributed by atoms with Crippen molar-refractivity contribution in [3.05, 3.63) is 65.9 Å². The fourth-order valence-electron chi connectivity index (χ4n) is 3.23. The summed E-state index contributed by atoms with van der Waals surface area (Å²) in [6.07, 6.45) is 1.79. The Morgan fingerprint density at radius 1 is 1.13 bits per heavy atom. The maximum Gasteiger partial charge on any atom is 0.246 e. The molecule has 7 nitrogen and oxygen atoms in total. The van der Waals surface area contributed by atoms with Crippen LogP contribution in [0.4, 0.5) is 0 Å². The zero-order valence-corrected chi connectivity index (χ0v) is 16.8. The number of hydrogen-bond donors (Lipinski definition) is 1. The third kappa shape index (κ3) is 5.18. The van der Waals surface area contributed by atoms with Crippen LogP contribution >= 0.6 is 0 Å². The number of fused-ring (bicyclic) bond motifs is 1. The van der Waals surface area contributed by atoms with Gasteiger partial charge in [0.05, 0.1) is 6.61 Å². The van der Waals surface area contributed by atoms with Gasteiger partial charge in [0.2, 0.25) is 12.7 Å². The molecule has 0 fully saturated rings. The lowest BCUT2D eigenvalue weighted by Crippen LogP contribution is -2.35. The minimum atomic E-state index is -0.143. The molecule has 1 aliphatic heterocycles. The lowest BCUT2D eigenvalue weighted by molar-refractivity contribution is -0.126. The minimum absolute atomic E-state index is 0.0259. The Labute approximate surface area is 174 Å². The van der Waals surface area contributed by atoms with E-state index in [0.29, 0.717) is 23.0 Å². The van der Waals surface area contributed by atoms with Gasteiger partial charge in [-0.15, -0.1) is 0 Å². The first-order valence-corrected chi connectivity index (χ1v) is 9.94. The first kappa shape index (κ1) is 20.0. The molecule has 1 aromatic heterocycles. The van der Waals surface area contributed by atoms with E-state index >= 15 is 0 Å². The lowest BCUT2D eigenvalue weighted by Gasteiger charge is -2.13. The van der Waals surface area contributed by atoms with Gasteiger partial charge in [0.1, 0.15) is 12.3 Å². The summed E-state index contributed by atoms with van der Waals surface area (Å²) < 4.78 is 21.6. The van der Waals surface area contributed by atoms with Gasteiger partial charge in [-0.25, -0.2) is 0 Å². The Bertz CT molecular complexity index is 986. The number of nitrogens with zero attached hydrogens (tertiary/aromatic N) is 1. The molecule has 2 heterocycles. The van der Waals surface area contributed by atoms with Crippen LogP contribution in [0.1, 0.15) is 24.6 Å². The molecule has 0 saturated heterocycles. The van der Waals surface area contributed by atoms with Crippen LogP contribution in [0.15, 0.2) is 59.1 Å². The zero-order chi connectivity index (χ0) is 20.8. The van der Waals surface area contributed by atoms with Crippen molar-refractivity contribution >= 4 is 5.91 Å². The molecular formula is C23H24N2O5. The summed E-state index contributed by atoms with van der Waals surface area (Å²) in [5, 5.41) is 6.96. The van der Waals surface area contributed by atoms with Crippen LogP contribution in [-0.4, -0.2) is 30.5 Å². The van der Waals surface area contributed by atoms with Crippen molar-refractivity contribution in [1.82, 2.24) is 10.5 Å². The molecule has 0 bridgehead atoms. The second kappa shape index (κ2) is 9.45. The molecule has 0 unspecified atom stereocenters. The van der Waals surface area contributed by atoms with E-state index in [1.54, 1.807) is 6.07 Å². The van der Waals surface area contributed by atoms with Crippen molar-refractivity contribution in [3.63, 3.8) is 0 Å². The normalized spacial score (nSPS) is 13.2. The summed E-state index contributed by atoms with van der Waals surface area (Å²) in [4.78, 5) is 12.1. The Morgan fingerprint density at radius 2 is 1.97 bits per heavy atom. The van der Waals surface area contributed by atoms with Crippen molar-refractivity contribution in [3.8, 4) is 22.8 Å². The average Bonchev–Trinajstić information content (AvgIpc) is 3.42. The first-order chi connectivity index (χ1) is 14.7. The topological polar surface area (TPSA) is 82.8 Å². The third-order valence-corrected chi connectivity index (χ3v) is 4.82. The van der Waals surface area contributed by atoms with Crippen LogP contribution in [0.25, 0.3) is 11.3 Å². The monoisotopic (exact) mass is 408 g/mol. The van der Waals surface area contributed by atoms with Crippen LogP contribution in [0.2, 0.25) is 0 Å².